The molecule has 0 saturated carbocycles. The fourth-order valence-electron chi connectivity index (χ4n) is 2.53. The molecule has 0 bridgehead atoms. The molecule has 2 aromatic carbocycles. The van der Waals surface area contributed by atoms with Gasteiger partial charge in [-0.1, -0.05) is 24.3 Å². The molecule has 0 radical (unpaired) electrons. The third-order valence-corrected chi connectivity index (χ3v) is 4.12. The zero-order valence-corrected chi connectivity index (χ0v) is 16.8. The van der Waals surface area contributed by atoms with Crippen molar-refractivity contribution in [2.24, 2.45) is 0 Å². The second-order valence-electron chi connectivity index (χ2n) is 6.31. The molecule has 0 fully saturated rings. The van der Waals surface area contributed by atoms with Crippen LogP contribution < -0.4 is 0 Å². The SMILES string of the molecule is COC(=O)c1cc(/C=C/C(=O)CC(=O)/C=C/c2ccc(O)c(C(=O)OC)c2)ccc1O. The highest BCUT2D eigenvalue weighted by molar-refractivity contribution is 6.11. The summed E-state index contributed by atoms with van der Waals surface area (Å²) >= 11 is 0. The van der Waals surface area contributed by atoms with E-state index in [1.54, 1.807) is 0 Å². The largest absolute Gasteiger partial charge is 0.507 e. The Bertz CT molecular complexity index is 993. The molecule has 0 aromatic heterocycles. The minimum atomic E-state index is -0.719. The maximum atomic E-state index is 12.0. The van der Waals surface area contributed by atoms with Crippen LogP contribution in [0.5, 0.6) is 11.5 Å². The Balaban J connectivity index is 2.03. The van der Waals surface area contributed by atoms with E-state index in [0.29, 0.717) is 11.1 Å². The van der Waals surface area contributed by atoms with Crippen molar-refractivity contribution in [2.45, 2.75) is 6.42 Å². The van der Waals surface area contributed by atoms with Crippen LogP contribution in [-0.4, -0.2) is 47.9 Å². The average Bonchev–Trinajstić information content (AvgIpc) is 2.76. The van der Waals surface area contributed by atoms with Gasteiger partial charge < -0.3 is 19.7 Å². The summed E-state index contributed by atoms with van der Waals surface area (Å²) in [6.07, 6.45) is 4.81. The molecule has 0 heterocycles. The van der Waals surface area contributed by atoms with E-state index < -0.39 is 29.9 Å². The number of aromatic hydroxyl groups is 2. The maximum absolute atomic E-state index is 12.0. The molecule has 0 spiro atoms. The van der Waals surface area contributed by atoms with Crippen molar-refractivity contribution < 1.29 is 38.9 Å². The van der Waals surface area contributed by atoms with Gasteiger partial charge in [0.05, 0.1) is 20.6 Å². The first-order chi connectivity index (χ1) is 14.7. The van der Waals surface area contributed by atoms with Gasteiger partial charge in [-0.15, -0.1) is 0 Å². The number of ether oxygens (including phenoxy) is 2. The minimum absolute atomic E-state index is 0.0451. The number of carbonyl (C=O) groups excluding carboxylic acids is 4. The number of esters is 2. The van der Waals surface area contributed by atoms with Crippen LogP contribution in [0.2, 0.25) is 0 Å². The summed E-state index contributed by atoms with van der Waals surface area (Å²) in [5.41, 5.74) is 0.843. The molecule has 0 saturated heterocycles. The number of allylic oxidation sites excluding steroid dienone is 2. The van der Waals surface area contributed by atoms with Crippen molar-refractivity contribution in [3.05, 3.63) is 70.8 Å². The van der Waals surface area contributed by atoms with Crippen molar-refractivity contribution in [3.8, 4) is 11.5 Å². The molecule has 160 valence electrons. The second-order valence-corrected chi connectivity index (χ2v) is 6.31. The highest BCUT2D eigenvalue weighted by Crippen LogP contribution is 2.21. The number of hydrogen-bond donors (Lipinski definition) is 2. The normalized spacial score (nSPS) is 10.9. The van der Waals surface area contributed by atoms with Gasteiger partial charge in [-0.2, -0.15) is 0 Å². The number of phenolic OH excluding ortho intramolecular Hbond substituents is 2. The van der Waals surface area contributed by atoms with Gasteiger partial charge in [0.1, 0.15) is 22.6 Å². The van der Waals surface area contributed by atoms with E-state index in [1.807, 2.05) is 0 Å². The molecular weight excluding hydrogens is 404 g/mol. The van der Waals surface area contributed by atoms with Gasteiger partial charge in [-0.25, -0.2) is 9.59 Å². The summed E-state index contributed by atoms with van der Waals surface area (Å²) < 4.78 is 9.13. The molecule has 0 atom stereocenters. The molecule has 0 aliphatic rings. The molecule has 0 aliphatic heterocycles. The topological polar surface area (TPSA) is 127 Å². The van der Waals surface area contributed by atoms with Crippen LogP contribution in [0.25, 0.3) is 12.2 Å². The molecule has 2 aromatic rings. The van der Waals surface area contributed by atoms with Crippen molar-refractivity contribution in [3.63, 3.8) is 0 Å². The van der Waals surface area contributed by atoms with Gasteiger partial charge in [-0.05, 0) is 47.5 Å². The van der Waals surface area contributed by atoms with Gasteiger partial charge in [0, 0.05) is 0 Å². The number of benzene rings is 2. The molecule has 2 N–H and O–H groups in total. The summed E-state index contributed by atoms with van der Waals surface area (Å²) in [6.45, 7) is 0. The summed E-state index contributed by atoms with van der Waals surface area (Å²) in [5.74, 6) is -2.87. The van der Waals surface area contributed by atoms with E-state index in [2.05, 4.69) is 9.47 Å². The van der Waals surface area contributed by atoms with Crippen molar-refractivity contribution >= 4 is 35.7 Å². The lowest BCUT2D eigenvalue weighted by Crippen LogP contribution is -2.03. The molecule has 0 aliphatic carbocycles. The third kappa shape index (κ3) is 6.40. The van der Waals surface area contributed by atoms with Gasteiger partial charge in [0.2, 0.25) is 0 Å². The van der Waals surface area contributed by atoms with E-state index >= 15 is 0 Å². The fourth-order valence-corrected chi connectivity index (χ4v) is 2.53. The van der Waals surface area contributed by atoms with Gasteiger partial charge in [0.15, 0.2) is 11.6 Å². The summed E-state index contributed by atoms with van der Waals surface area (Å²) in [7, 11) is 2.36. The number of methoxy groups -OCH3 is 2. The smallest absolute Gasteiger partial charge is 0.341 e. The zero-order chi connectivity index (χ0) is 23.0. The van der Waals surface area contributed by atoms with E-state index in [1.165, 1.54) is 74.9 Å². The Hall–Kier alpha value is -4.20. The van der Waals surface area contributed by atoms with Crippen molar-refractivity contribution in [1.29, 1.82) is 0 Å². The molecule has 31 heavy (non-hydrogen) atoms. The van der Waals surface area contributed by atoms with E-state index in [0.717, 1.165) is 0 Å². The predicted molar refractivity (Wildman–Crippen MR) is 112 cm³/mol. The first-order valence-corrected chi connectivity index (χ1v) is 8.99. The number of ketones is 2. The number of phenols is 2. The molecule has 0 unspecified atom stereocenters. The monoisotopic (exact) mass is 424 g/mol. The molecule has 2 rings (SSSR count). The van der Waals surface area contributed by atoms with Gasteiger partial charge in [-0.3, -0.25) is 9.59 Å². The molecule has 0 amide bonds. The number of rotatable bonds is 8. The number of hydrogen-bond acceptors (Lipinski definition) is 8. The molecular formula is C23H20O8. The maximum Gasteiger partial charge on any atom is 0.341 e. The minimum Gasteiger partial charge on any atom is -0.507 e. The zero-order valence-electron chi connectivity index (χ0n) is 16.8. The highest BCUT2D eigenvalue weighted by atomic mass is 16.5. The van der Waals surface area contributed by atoms with Crippen molar-refractivity contribution in [2.75, 3.05) is 14.2 Å². The molecule has 8 nitrogen and oxygen atoms in total. The first-order valence-electron chi connectivity index (χ1n) is 8.99. The van der Waals surface area contributed by atoms with Crippen LogP contribution >= 0.6 is 0 Å². The highest BCUT2D eigenvalue weighted by Gasteiger charge is 2.13. The predicted octanol–water partition coefficient (Wildman–Crippen LogP) is 2.93. The standard InChI is InChI=1S/C23H20O8/c1-30-22(28)18-11-14(5-9-20(18)26)3-7-16(24)13-17(25)8-4-15-6-10-21(27)19(12-15)23(29)31-2/h3-12,26-27H,13H2,1-2H3/b7-3+,8-4+. The van der Waals surface area contributed by atoms with E-state index in [9.17, 15) is 29.4 Å². The van der Waals surface area contributed by atoms with Crippen LogP contribution in [0.4, 0.5) is 0 Å². The van der Waals surface area contributed by atoms with E-state index in [-0.39, 0.29) is 22.6 Å². The summed E-state index contributed by atoms with van der Waals surface area (Å²) in [4.78, 5) is 47.2. The first kappa shape index (κ1) is 23.1. The van der Waals surface area contributed by atoms with Gasteiger partial charge in [0.25, 0.3) is 0 Å². The average molecular weight is 424 g/mol. The number of carbonyl (C=O) groups is 4. The van der Waals surface area contributed by atoms with Crippen LogP contribution in [0.15, 0.2) is 48.6 Å². The fraction of sp³-hybridized carbons (Fsp3) is 0.130. The third-order valence-electron chi connectivity index (χ3n) is 4.12. The van der Waals surface area contributed by atoms with Crippen LogP contribution in [0.3, 0.4) is 0 Å². The lowest BCUT2D eigenvalue weighted by Gasteiger charge is -2.03. The summed E-state index contributed by atoms with van der Waals surface area (Å²) in [6, 6.07) is 8.30. The Kier molecular flexibility index (Phi) is 7.85. The van der Waals surface area contributed by atoms with Crippen molar-refractivity contribution in [1.82, 2.24) is 0 Å². The second kappa shape index (κ2) is 10.5. The summed E-state index contributed by atoms with van der Waals surface area (Å²) in [5, 5.41) is 19.4. The van der Waals surface area contributed by atoms with Crippen LogP contribution in [0, 0.1) is 0 Å². The van der Waals surface area contributed by atoms with Gasteiger partial charge >= 0.3 is 11.9 Å². The van der Waals surface area contributed by atoms with Crippen LogP contribution in [0.1, 0.15) is 38.3 Å². The van der Waals surface area contributed by atoms with E-state index in [4.69, 9.17) is 0 Å². The lowest BCUT2D eigenvalue weighted by atomic mass is 10.1. The Morgan fingerprint density at radius 2 is 1.13 bits per heavy atom. The van der Waals surface area contributed by atoms with Crippen LogP contribution in [-0.2, 0) is 19.1 Å². The Morgan fingerprint density at radius 3 is 1.48 bits per heavy atom. The Morgan fingerprint density at radius 1 is 0.742 bits per heavy atom. The lowest BCUT2D eigenvalue weighted by molar-refractivity contribution is -0.121. The molecule has 8 heteroatoms. The Labute approximate surface area is 178 Å². The quantitative estimate of drug-likeness (QED) is 0.376.